The first-order valence-corrected chi connectivity index (χ1v) is 10.6. The van der Waals surface area contributed by atoms with Gasteiger partial charge >= 0.3 is 0 Å². The molecule has 1 heterocycles. The van der Waals surface area contributed by atoms with Crippen molar-refractivity contribution in [1.82, 2.24) is 0 Å². The summed E-state index contributed by atoms with van der Waals surface area (Å²) in [5, 5.41) is 0. The summed E-state index contributed by atoms with van der Waals surface area (Å²) in [6, 6.07) is 22.2. The van der Waals surface area contributed by atoms with Crippen molar-refractivity contribution in [1.29, 1.82) is 0 Å². The van der Waals surface area contributed by atoms with E-state index >= 15 is 0 Å². The molecule has 6 heteroatoms. The van der Waals surface area contributed by atoms with Crippen LogP contribution in [-0.2, 0) is 11.4 Å². The van der Waals surface area contributed by atoms with E-state index in [0.717, 1.165) is 11.3 Å². The van der Waals surface area contributed by atoms with E-state index in [1.54, 1.807) is 42.2 Å². The van der Waals surface area contributed by atoms with E-state index in [0.29, 0.717) is 35.9 Å². The van der Waals surface area contributed by atoms with E-state index in [1.165, 1.54) is 0 Å². The molecule has 0 radical (unpaired) electrons. The van der Waals surface area contributed by atoms with E-state index in [1.807, 2.05) is 49.4 Å². The Balaban J connectivity index is 1.39. The number of carbonyl (C=O) groups excluding carboxylic acids is 2. The Bertz CT molecular complexity index is 1090. The summed E-state index contributed by atoms with van der Waals surface area (Å²) in [6.45, 7) is 4.60. The van der Waals surface area contributed by atoms with Crippen LogP contribution >= 0.6 is 0 Å². The molecule has 1 aliphatic rings. The summed E-state index contributed by atoms with van der Waals surface area (Å²) in [5.74, 6) is 1.60. The number of rotatable bonds is 8. The number of ketones is 1. The number of ether oxygens (including phenoxy) is 3. The third kappa shape index (κ3) is 4.75. The Morgan fingerprint density at radius 1 is 1.03 bits per heavy atom. The maximum absolute atomic E-state index is 12.9. The second kappa shape index (κ2) is 9.56. The minimum absolute atomic E-state index is 0.0126. The normalized spacial score (nSPS) is 13.7. The molecular formula is C26H25NO5. The van der Waals surface area contributed by atoms with Gasteiger partial charge in [-0.3, -0.25) is 9.59 Å². The van der Waals surface area contributed by atoms with Gasteiger partial charge in [-0.2, -0.15) is 0 Å². The van der Waals surface area contributed by atoms with Crippen molar-refractivity contribution in [3.05, 3.63) is 83.9 Å². The van der Waals surface area contributed by atoms with Crippen molar-refractivity contribution >= 4 is 17.4 Å². The first-order valence-electron chi connectivity index (χ1n) is 10.6. The number of carbonyl (C=O) groups is 2. The highest BCUT2D eigenvalue weighted by Gasteiger charge is 2.26. The summed E-state index contributed by atoms with van der Waals surface area (Å²) in [7, 11) is 0. The summed E-state index contributed by atoms with van der Waals surface area (Å²) >= 11 is 0. The van der Waals surface area contributed by atoms with E-state index < -0.39 is 6.10 Å². The molecular weight excluding hydrogens is 406 g/mol. The van der Waals surface area contributed by atoms with E-state index in [2.05, 4.69) is 0 Å². The highest BCUT2D eigenvalue weighted by molar-refractivity contribution is 6.03. The van der Waals surface area contributed by atoms with Crippen LogP contribution in [0, 0.1) is 0 Å². The third-order valence-electron chi connectivity index (χ3n) is 5.26. The van der Waals surface area contributed by atoms with Crippen molar-refractivity contribution in [2.75, 3.05) is 18.1 Å². The van der Waals surface area contributed by atoms with E-state index in [-0.39, 0.29) is 18.3 Å². The van der Waals surface area contributed by atoms with Gasteiger partial charge in [0.05, 0.1) is 5.69 Å². The van der Waals surface area contributed by atoms with Crippen molar-refractivity contribution in [2.24, 2.45) is 0 Å². The summed E-state index contributed by atoms with van der Waals surface area (Å²) < 4.78 is 17.1. The molecule has 0 aromatic heterocycles. The van der Waals surface area contributed by atoms with Crippen LogP contribution in [0.5, 0.6) is 17.2 Å². The van der Waals surface area contributed by atoms with Crippen molar-refractivity contribution < 1.29 is 23.8 Å². The predicted octanol–water partition coefficient (Wildman–Crippen LogP) is 4.66. The fraction of sp³-hybridized carbons (Fsp3) is 0.231. The van der Waals surface area contributed by atoms with Gasteiger partial charge in [-0.15, -0.1) is 0 Å². The molecule has 1 amide bonds. The van der Waals surface area contributed by atoms with Crippen molar-refractivity contribution in [3.8, 4) is 17.2 Å². The van der Waals surface area contributed by atoms with Crippen LogP contribution in [0.15, 0.2) is 72.8 Å². The zero-order valence-corrected chi connectivity index (χ0v) is 18.1. The zero-order valence-electron chi connectivity index (χ0n) is 18.1. The van der Waals surface area contributed by atoms with Gasteiger partial charge in [0.15, 0.2) is 12.7 Å². The average molecular weight is 431 g/mol. The Hall–Kier alpha value is -3.80. The molecule has 164 valence electrons. The van der Waals surface area contributed by atoms with Gasteiger partial charge in [-0.25, -0.2) is 0 Å². The lowest BCUT2D eigenvalue weighted by atomic mass is 10.0. The average Bonchev–Trinajstić information content (AvgIpc) is 2.83. The standard InChI is InChI=1S/C26H25NO5/c1-3-27-23-15-20(9-14-24(23)31-17-25(27)28)26(29)18(2)32-22-12-10-21(11-13-22)30-16-19-7-5-4-6-8-19/h4-15,18H,3,16-17H2,1-2H3. The topological polar surface area (TPSA) is 65.1 Å². The van der Waals surface area contributed by atoms with Gasteiger partial charge in [0.1, 0.15) is 23.9 Å². The minimum Gasteiger partial charge on any atom is -0.489 e. The van der Waals surface area contributed by atoms with Gasteiger partial charge in [0, 0.05) is 12.1 Å². The highest BCUT2D eigenvalue weighted by atomic mass is 16.5. The Morgan fingerprint density at radius 3 is 2.47 bits per heavy atom. The molecule has 1 unspecified atom stereocenters. The molecule has 6 nitrogen and oxygen atoms in total. The molecule has 0 saturated heterocycles. The minimum atomic E-state index is -0.695. The number of fused-ring (bicyclic) bond motifs is 1. The maximum Gasteiger partial charge on any atom is 0.265 e. The SMILES string of the molecule is CCN1C(=O)COc2ccc(C(=O)C(C)Oc3ccc(OCc4ccccc4)cc3)cc21. The van der Waals surface area contributed by atoms with Gasteiger partial charge < -0.3 is 19.1 Å². The van der Waals surface area contributed by atoms with Crippen LogP contribution in [0.4, 0.5) is 5.69 Å². The number of hydrogen-bond donors (Lipinski definition) is 0. The van der Waals surface area contributed by atoms with E-state index in [9.17, 15) is 9.59 Å². The van der Waals surface area contributed by atoms with Crippen LogP contribution in [-0.4, -0.2) is 30.9 Å². The molecule has 0 spiro atoms. The third-order valence-corrected chi connectivity index (χ3v) is 5.26. The lowest BCUT2D eigenvalue weighted by Gasteiger charge is -2.28. The molecule has 4 rings (SSSR count). The molecule has 0 saturated carbocycles. The molecule has 0 aliphatic carbocycles. The molecule has 0 fully saturated rings. The summed E-state index contributed by atoms with van der Waals surface area (Å²) in [4.78, 5) is 26.6. The number of benzene rings is 3. The van der Waals surface area contributed by atoms with Gasteiger partial charge in [0.25, 0.3) is 5.91 Å². The van der Waals surface area contributed by atoms with Crippen molar-refractivity contribution in [2.45, 2.75) is 26.6 Å². The monoisotopic (exact) mass is 431 g/mol. The van der Waals surface area contributed by atoms with Crippen LogP contribution in [0.25, 0.3) is 0 Å². The van der Waals surface area contributed by atoms with Gasteiger partial charge in [-0.1, -0.05) is 30.3 Å². The van der Waals surface area contributed by atoms with E-state index in [4.69, 9.17) is 14.2 Å². The number of nitrogens with zero attached hydrogens (tertiary/aromatic N) is 1. The molecule has 0 bridgehead atoms. The van der Waals surface area contributed by atoms with Crippen LogP contribution < -0.4 is 19.1 Å². The predicted molar refractivity (Wildman–Crippen MR) is 122 cm³/mol. The quantitative estimate of drug-likeness (QED) is 0.486. The largest absolute Gasteiger partial charge is 0.489 e. The number of Topliss-reactive ketones (excluding diaryl/α,β-unsaturated/α-hetero) is 1. The Morgan fingerprint density at radius 2 is 1.75 bits per heavy atom. The summed E-state index contributed by atoms with van der Waals surface area (Å²) in [5.41, 5.74) is 2.17. The van der Waals surface area contributed by atoms with Gasteiger partial charge in [0.2, 0.25) is 5.78 Å². The molecule has 3 aromatic carbocycles. The smallest absolute Gasteiger partial charge is 0.265 e. The number of anilines is 1. The second-order valence-corrected chi connectivity index (χ2v) is 7.48. The Kier molecular flexibility index (Phi) is 6.40. The van der Waals surface area contributed by atoms with Crippen LogP contribution in [0.2, 0.25) is 0 Å². The fourth-order valence-corrected chi connectivity index (χ4v) is 3.55. The highest BCUT2D eigenvalue weighted by Crippen LogP contribution is 2.33. The maximum atomic E-state index is 12.9. The van der Waals surface area contributed by atoms with Gasteiger partial charge in [-0.05, 0) is 61.9 Å². The second-order valence-electron chi connectivity index (χ2n) is 7.48. The van der Waals surface area contributed by atoms with Crippen LogP contribution in [0.3, 0.4) is 0 Å². The van der Waals surface area contributed by atoms with Crippen LogP contribution in [0.1, 0.15) is 29.8 Å². The molecule has 0 N–H and O–H groups in total. The molecule has 1 atom stereocenters. The zero-order chi connectivity index (χ0) is 22.5. The fourth-order valence-electron chi connectivity index (χ4n) is 3.55. The first kappa shape index (κ1) is 21.4. The lowest BCUT2D eigenvalue weighted by Crippen LogP contribution is -2.38. The number of amides is 1. The number of hydrogen-bond acceptors (Lipinski definition) is 5. The molecule has 32 heavy (non-hydrogen) atoms. The first-order chi connectivity index (χ1) is 15.5. The Labute approximate surface area is 187 Å². The van der Waals surface area contributed by atoms with Crippen molar-refractivity contribution in [3.63, 3.8) is 0 Å². The molecule has 3 aromatic rings. The molecule has 1 aliphatic heterocycles. The number of likely N-dealkylation sites (N-methyl/N-ethyl adjacent to an activating group) is 1. The summed E-state index contributed by atoms with van der Waals surface area (Å²) in [6.07, 6.45) is -0.695. The lowest BCUT2D eigenvalue weighted by molar-refractivity contribution is -0.121.